The molecule has 2 atom stereocenters. The number of hydrogen-bond donors (Lipinski definition) is 1. The first-order valence-corrected chi connectivity index (χ1v) is 8.64. The molecule has 1 unspecified atom stereocenters. The van der Waals surface area contributed by atoms with E-state index in [2.05, 4.69) is 15.3 Å². The number of halogens is 3. The Labute approximate surface area is 172 Å². The van der Waals surface area contributed by atoms with E-state index in [0.29, 0.717) is 17.0 Å². The first-order valence-electron chi connectivity index (χ1n) is 8.64. The molecule has 5 nitrogen and oxygen atoms in total. The fraction of sp³-hybridized carbons (Fsp3) is 0.143. The number of pyridine rings is 2. The molecular formula is C21H16ClF2N5. The molecule has 1 aromatic carbocycles. The summed E-state index contributed by atoms with van der Waals surface area (Å²) in [7, 11) is 0. The Hall–Kier alpha value is -3.37. The lowest BCUT2D eigenvalue weighted by Gasteiger charge is -2.31. The van der Waals surface area contributed by atoms with Crippen molar-refractivity contribution in [2.75, 3.05) is 0 Å². The molecule has 3 aromatic rings. The third-order valence-electron chi connectivity index (χ3n) is 4.87. The lowest BCUT2D eigenvalue weighted by Crippen LogP contribution is -2.41. The Morgan fingerprint density at radius 3 is 2.41 bits per heavy atom. The van der Waals surface area contributed by atoms with Gasteiger partial charge in [0.25, 0.3) is 0 Å². The quantitative estimate of drug-likeness (QED) is 0.666. The van der Waals surface area contributed by atoms with Crippen molar-refractivity contribution in [1.29, 1.82) is 5.26 Å². The SMILES string of the molecule is C[C@@H]1NC(c2ccnc(C#N)c2)=NC1(c1ccc(F)cc1)c1ccc(F)nc1.Cl. The van der Waals surface area contributed by atoms with Gasteiger partial charge in [-0.3, -0.25) is 0 Å². The Morgan fingerprint density at radius 1 is 1.03 bits per heavy atom. The third kappa shape index (κ3) is 3.55. The van der Waals surface area contributed by atoms with Crippen LogP contribution in [-0.2, 0) is 5.54 Å². The summed E-state index contributed by atoms with van der Waals surface area (Å²) in [6, 6.07) is 14.1. The summed E-state index contributed by atoms with van der Waals surface area (Å²) in [6.07, 6.45) is 2.98. The fourth-order valence-corrected chi connectivity index (χ4v) is 3.50. The molecule has 0 aliphatic carbocycles. The highest BCUT2D eigenvalue weighted by Gasteiger charge is 2.45. The highest BCUT2D eigenvalue weighted by atomic mass is 35.5. The van der Waals surface area contributed by atoms with Crippen LogP contribution in [0, 0.1) is 23.1 Å². The maximum atomic E-state index is 13.5. The van der Waals surface area contributed by atoms with Gasteiger partial charge in [-0.15, -0.1) is 12.4 Å². The average molecular weight is 412 g/mol. The zero-order valence-corrected chi connectivity index (χ0v) is 16.1. The van der Waals surface area contributed by atoms with E-state index in [0.717, 1.165) is 5.56 Å². The molecule has 4 rings (SSSR count). The number of aromatic nitrogens is 2. The van der Waals surface area contributed by atoms with Crippen LogP contribution >= 0.6 is 12.4 Å². The second-order valence-corrected chi connectivity index (χ2v) is 6.51. The second kappa shape index (κ2) is 7.94. The van der Waals surface area contributed by atoms with Gasteiger partial charge in [0.05, 0.1) is 6.04 Å². The Balaban J connectivity index is 0.00000240. The number of nitriles is 1. The summed E-state index contributed by atoms with van der Waals surface area (Å²) >= 11 is 0. The molecule has 29 heavy (non-hydrogen) atoms. The fourth-order valence-electron chi connectivity index (χ4n) is 3.50. The summed E-state index contributed by atoms with van der Waals surface area (Å²) < 4.78 is 27.0. The first kappa shape index (κ1) is 20.4. The maximum Gasteiger partial charge on any atom is 0.212 e. The van der Waals surface area contributed by atoms with Gasteiger partial charge in [-0.25, -0.2) is 19.4 Å². The van der Waals surface area contributed by atoms with E-state index < -0.39 is 11.5 Å². The van der Waals surface area contributed by atoms with Crippen LogP contribution in [0.4, 0.5) is 8.78 Å². The smallest absolute Gasteiger partial charge is 0.212 e. The van der Waals surface area contributed by atoms with Crippen LogP contribution in [0.1, 0.15) is 29.3 Å². The van der Waals surface area contributed by atoms with Crippen molar-refractivity contribution in [2.24, 2.45) is 4.99 Å². The third-order valence-corrected chi connectivity index (χ3v) is 4.87. The van der Waals surface area contributed by atoms with Gasteiger partial charge in [0, 0.05) is 23.5 Å². The number of hydrogen-bond acceptors (Lipinski definition) is 5. The number of amidine groups is 1. The van der Waals surface area contributed by atoms with Crippen LogP contribution in [0.15, 0.2) is 65.9 Å². The minimum atomic E-state index is -0.931. The molecule has 0 saturated carbocycles. The molecule has 1 aliphatic rings. The van der Waals surface area contributed by atoms with Crippen LogP contribution in [0.25, 0.3) is 0 Å². The first-order chi connectivity index (χ1) is 13.5. The standard InChI is InChI=1S/C21H15F2N5.ClH/c1-13-21(15-2-5-17(22)6-3-15,16-4-7-19(23)26-12-16)28-20(27-13)14-8-9-25-18(10-14)11-24;/h2-10,12-13H,1H3,(H,27,28);1H/t13-,21?;/m0./s1. The van der Waals surface area contributed by atoms with E-state index >= 15 is 0 Å². The molecule has 0 bridgehead atoms. The number of nitrogens with zero attached hydrogens (tertiary/aromatic N) is 4. The molecule has 146 valence electrons. The van der Waals surface area contributed by atoms with Crippen molar-refractivity contribution >= 4 is 18.2 Å². The van der Waals surface area contributed by atoms with E-state index in [1.54, 1.807) is 36.5 Å². The largest absolute Gasteiger partial charge is 0.364 e. The summed E-state index contributed by atoms with van der Waals surface area (Å²) in [5.74, 6) is -0.375. The molecule has 8 heteroatoms. The van der Waals surface area contributed by atoms with E-state index in [-0.39, 0.29) is 30.0 Å². The number of rotatable bonds is 3. The van der Waals surface area contributed by atoms with Crippen molar-refractivity contribution in [3.63, 3.8) is 0 Å². The van der Waals surface area contributed by atoms with Gasteiger partial charge in [-0.05, 0) is 42.8 Å². The molecule has 2 aromatic heterocycles. The normalized spacial score (nSPS) is 20.2. The molecule has 0 amide bonds. The highest BCUT2D eigenvalue weighted by molar-refractivity contribution is 6.01. The zero-order valence-electron chi connectivity index (χ0n) is 15.3. The van der Waals surface area contributed by atoms with Gasteiger partial charge in [-0.2, -0.15) is 9.65 Å². The zero-order chi connectivity index (χ0) is 19.7. The lowest BCUT2D eigenvalue weighted by molar-refractivity contribution is 0.449. The summed E-state index contributed by atoms with van der Waals surface area (Å²) in [5, 5.41) is 12.5. The van der Waals surface area contributed by atoms with Crippen molar-refractivity contribution in [3.05, 3.63) is 95.1 Å². The predicted octanol–water partition coefficient (Wildman–Crippen LogP) is 3.73. The highest BCUT2D eigenvalue weighted by Crippen LogP contribution is 2.40. The maximum absolute atomic E-state index is 13.5. The van der Waals surface area contributed by atoms with E-state index in [1.807, 2.05) is 13.0 Å². The van der Waals surface area contributed by atoms with Gasteiger partial charge in [-0.1, -0.05) is 18.2 Å². The topological polar surface area (TPSA) is 74.0 Å². The Morgan fingerprint density at radius 2 is 1.76 bits per heavy atom. The van der Waals surface area contributed by atoms with Gasteiger partial charge in [0.15, 0.2) is 0 Å². The van der Waals surface area contributed by atoms with Crippen molar-refractivity contribution in [1.82, 2.24) is 15.3 Å². The van der Waals surface area contributed by atoms with Crippen LogP contribution in [0.2, 0.25) is 0 Å². The van der Waals surface area contributed by atoms with Crippen molar-refractivity contribution in [2.45, 2.75) is 18.5 Å². The van der Waals surface area contributed by atoms with Gasteiger partial charge in [0.2, 0.25) is 5.95 Å². The molecule has 0 fully saturated rings. The molecule has 1 aliphatic heterocycles. The number of benzene rings is 1. The predicted molar refractivity (Wildman–Crippen MR) is 107 cm³/mol. The van der Waals surface area contributed by atoms with E-state index in [1.165, 1.54) is 24.4 Å². The van der Waals surface area contributed by atoms with Crippen LogP contribution in [0.5, 0.6) is 0 Å². The van der Waals surface area contributed by atoms with Gasteiger partial charge in [0.1, 0.15) is 29.0 Å². The van der Waals surface area contributed by atoms with Crippen molar-refractivity contribution < 1.29 is 8.78 Å². The van der Waals surface area contributed by atoms with E-state index in [4.69, 9.17) is 10.3 Å². The van der Waals surface area contributed by atoms with Crippen molar-refractivity contribution in [3.8, 4) is 6.07 Å². The lowest BCUT2D eigenvalue weighted by atomic mass is 9.79. The summed E-state index contributed by atoms with van der Waals surface area (Å²) in [6.45, 7) is 1.94. The minimum absolute atomic E-state index is 0. The van der Waals surface area contributed by atoms with Crippen LogP contribution < -0.4 is 5.32 Å². The molecule has 1 N–H and O–H groups in total. The Bertz CT molecular complexity index is 1050. The molecule has 0 spiro atoms. The van der Waals surface area contributed by atoms with Gasteiger partial charge < -0.3 is 5.32 Å². The Kier molecular flexibility index (Phi) is 5.57. The van der Waals surface area contributed by atoms with Crippen LogP contribution in [0.3, 0.4) is 0 Å². The monoisotopic (exact) mass is 411 g/mol. The minimum Gasteiger partial charge on any atom is -0.364 e. The number of aliphatic imine (C=N–C) groups is 1. The summed E-state index contributed by atoms with van der Waals surface area (Å²) in [5.41, 5.74) is 1.46. The molecule has 0 radical (unpaired) electrons. The average Bonchev–Trinajstić information content (AvgIpc) is 3.07. The molecule has 0 saturated heterocycles. The number of nitrogens with one attached hydrogen (secondary N) is 1. The summed E-state index contributed by atoms with van der Waals surface area (Å²) in [4.78, 5) is 12.7. The molecular weight excluding hydrogens is 396 g/mol. The second-order valence-electron chi connectivity index (χ2n) is 6.51. The van der Waals surface area contributed by atoms with Gasteiger partial charge >= 0.3 is 0 Å². The van der Waals surface area contributed by atoms with Crippen LogP contribution in [-0.4, -0.2) is 21.8 Å². The molecule has 3 heterocycles. The van der Waals surface area contributed by atoms with E-state index in [9.17, 15) is 8.78 Å².